The molecule has 0 aliphatic carbocycles. The second-order valence-corrected chi connectivity index (χ2v) is 8.22. The highest BCUT2D eigenvalue weighted by molar-refractivity contribution is 5.95. The van der Waals surface area contributed by atoms with Crippen LogP contribution >= 0.6 is 12.4 Å². The molecule has 0 spiro atoms. The molecule has 0 saturated carbocycles. The third kappa shape index (κ3) is 5.58. The maximum Gasteiger partial charge on any atom is 0.293 e. The molecule has 28 heavy (non-hydrogen) atoms. The molecule has 2 fully saturated rings. The molecule has 0 aromatic heterocycles. The summed E-state index contributed by atoms with van der Waals surface area (Å²) >= 11 is 0. The van der Waals surface area contributed by atoms with Gasteiger partial charge in [0.25, 0.3) is 11.6 Å². The summed E-state index contributed by atoms with van der Waals surface area (Å²) in [6.07, 6.45) is 3.21. The van der Waals surface area contributed by atoms with Gasteiger partial charge in [0.1, 0.15) is 5.69 Å². The lowest BCUT2D eigenvalue weighted by molar-refractivity contribution is -0.384. The molecule has 2 aliphatic heterocycles. The number of nitrogens with zero attached hydrogens (tertiary/aromatic N) is 2. The van der Waals surface area contributed by atoms with Gasteiger partial charge in [0, 0.05) is 31.3 Å². The first-order valence-corrected chi connectivity index (χ1v) is 9.96. The molecule has 1 amide bonds. The van der Waals surface area contributed by atoms with Crippen molar-refractivity contribution >= 4 is 29.7 Å². The number of carbonyl (C=O) groups is 1. The SMILES string of the molecule is CC1CC(C)CN(c2ccc(C(=O)NCCC3CCNC3)cc2[N+](=O)[O-])C1.Cl. The van der Waals surface area contributed by atoms with E-state index in [1.165, 1.54) is 6.07 Å². The molecule has 2 heterocycles. The summed E-state index contributed by atoms with van der Waals surface area (Å²) in [6, 6.07) is 4.86. The van der Waals surface area contributed by atoms with E-state index in [1.54, 1.807) is 12.1 Å². The van der Waals surface area contributed by atoms with Gasteiger partial charge in [0.2, 0.25) is 0 Å². The minimum Gasteiger partial charge on any atom is -0.365 e. The van der Waals surface area contributed by atoms with Gasteiger partial charge in [-0.25, -0.2) is 0 Å². The predicted molar refractivity (Wildman–Crippen MR) is 113 cm³/mol. The van der Waals surface area contributed by atoms with Crippen molar-refractivity contribution in [2.45, 2.75) is 33.1 Å². The van der Waals surface area contributed by atoms with Crippen molar-refractivity contribution in [3.05, 3.63) is 33.9 Å². The largest absolute Gasteiger partial charge is 0.365 e. The van der Waals surface area contributed by atoms with Crippen LogP contribution in [-0.4, -0.2) is 43.6 Å². The number of nitro benzene ring substituents is 1. The summed E-state index contributed by atoms with van der Waals surface area (Å²) in [5.74, 6) is 1.36. The van der Waals surface area contributed by atoms with Crippen molar-refractivity contribution in [2.75, 3.05) is 37.6 Å². The normalized spacial score (nSPS) is 24.5. The molecule has 8 heteroatoms. The Morgan fingerprint density at radius 2 is 2.04 bits per heavy atom. The first kappa shape index (κ1) is 22.4. The molecule has 156 valence electrons. The van der Waals surface area contributed by atoms with Crippen LogP contribution in [0, 0.1) is 27.9 Å². The topological polar surface area (TPSA) is 87.5 Å². The van der Waals surface area contributed by atoms with E-state index in [1.807, 2.05) is 0 Å². The number of piperidine rings is 1. The smallest absolute Gasteiger partial charge is 0.293 e. The average molecular weight is 411 g/mol. The third-order valence-electron chi connectivity index (χ3n) is 5.64. The van der Waals surface area contributed by atoms with Gasteiger partial charge in [-0.05, 0) is 62.2 Å². The van der Waals surface area contributed by atoms with Crippen LogP contribution in [0.15, 0.2) is 18.2 Å². The van der Waals surface area contributed by atoms with E-state index in [4.69, 9.17) is 0 Å². The Morgan fingerprint density at radius 1 is 1.32 bits per heavy atom. The van der Waals surface area contributed by atoms with Crippen LogP contribution in [0.5, 0.6) is 0 Å². The first-order valence-electron chi connectivity index (χ1n) is 9.96. The van der Waals surface area contributed by atoms with E-state index in [-0.39, 0.29) is 28.9 Å². The number of benzene rings is 1. The summed E-state index contributed by atoms with van der Waals surface area (Å²) in [5.41, 5.74) is 0.990. The molecule has 0 bridgehead atoms. The zero-order valence-electron chi connectivity index (χ0n) is 16.6. The lowest BCUT2D eigenvalue weighted by Gasteiger charge is -2.36. The van der Waals surface area contributed by atoms with Crippen molar-refractivity contribution in [3.8, 4) is 0 Å². The molecule has 1 aromatic carbocycles. The van der Waals surface area contributed by atoms with Gasteiger partial charge in [-0.15, -0.1) is 12.4 Å². The van der Waals surface area contributed by atoms with Crippen LogP contribution in [0.2, 0.25) is 0 Å². The molecule has 1 aromatic rings. The van der Waals surface area contributed by atoms with Gasteiger partial charge >= 0.3 is 0 Å². The van der Waals surface area contributed by atoms with Gasteiger partial charge in [-0.3, -0.25) is 14.9 Å². The van der Waals surface area contributed by atoms with Crippen molar-refractivity contribution in [2.24, 2.45) is 17.8 Å². The number of hydrogen-bond acceptors (Lipinski definition) is 5. The quantitative estimate of drug-likeness (QED) is 0.555. The zero-order valence-corrected chi connectivity index (χ0v) is 17.5. The van der Waals surface area contributed by atoms with Crippen LogP contribution in [-0.2, 0) is 0 Å². The number of carbonyl (C=O) groups excluding carboxylic acids is 1. The molecule has 7 nitrogen and oxygen atoms in total. The van der Waals surface area contributed by atoms with Crippen LogP contribution in [0.1, 0.15) is 43.5 Å². The van der Waals surface area contributed by atoms with Gasteiger partial charge in [-0.2, -0.15) is 0 Å². The average Bonchev–Trinajstić information content (AvgIpc) is 3.13. The lowest BCUT2D eigenvalue weighted by Crippen LogP contribution is -2.39. The summed E-state index contributed by atoms with van der Waals surface area (Å²) in [6.45, 7) is 8.62. The highest BCUT2D eigenvalue weighted by Gasteiger charge is 2.28. The monoisotopic (exact) mass is 410 g/mol. The summed E-state index contributed by atoms with van der Waals surface area (Å²) < 4.78 is 0. The van der Waals surface area contributed by atoms with Gasteiger partial charge in [-0.1, -0.05) is 13.8 Å². The highest BCUT2D eigenvalue weighted by Crippen LogP contribution is 2.33. The van der Waals surface area contributed by atoms with Crippen LogP contribution in [0.25, 0.3) is 0 Å². The number of nitro groups is 1. The van der Waals surface area contributed by atoms with Gasteiger partial charge in [0.05, 0.1) is 4.92 Å². The number of halogens is 1. The maximum absolute atomic E-state index is 12.4. The zero-order chi connectivity index (χ0) is 19.4. The second-order valence-electron chi connectivity index (χ2n) is 8.22. The van der Waals surface area contributed by atoms with E-state index in [0.717, 1.165) is 45.4 Å². The third-order valence-corrected chi connectivity index (χ3v) is 5.64. The van der Waals surface area contributed by atoms with E-state index in [0.29, 0.717) is 35.5 Å². The molecular formula is C20H31ClN4O3. The van der Waals surface area contributed by atoms with Gasteiger partial charge in [0.15, 0.2) is 0 Å². The molecule has 3 unspecified atom stereocenters. The van der Waals surface area contributed by atoms with E-state index >= 15 is 0 Å². The van der Waals surface area contributed by atoms with Crippen LogP contribution in [0.4, 0.5) is 11.4 Å². The Kier molecular flexibility index (Phi) is 8.07. The van der Waals surface area contributed by atoms with E-state index < -0.39 is 0 Å². The van der Waals surface area contributed by atoms with Crippen LogP contribution in [0.3, 0.4) is 0 Å². The second kappa shape index (κ2) is 10.1. The van der Waals surface area contributed by atoms with Crippen molar-refractivity contribution in [1.29, 1.82) is 0 Å². The van der Waals surface area contributed by atoms with E-state index in [9.17, 15) is 14.9 Å². The lowest BCUT2D eigenvalue weighted by atomic mass is 9.91. The van der Waals surface area contributed by atoms with Crippen molar-refractivity contribution < 1.29 is 9.72 Å². The minimum atomic E-state index is -0.375. The fourth-order valence-corrected chi connectivity index (χ4v) is 4.39. The number of amides is 1. The molecule has 2 saturated heterocycles. The molecular weight excluding hydrogens is 380 g/mol. The number of nitrogens with one attached hydrogen (secondary N) is 2. The van der Waals surface area contributed by atoms with Gasteiger partial charge < -0.3 is 15.5 Å². The van der Waals surface area contributed by atoms with Crippen molar-refractivity contribution in [3.63, 3.8) is 0 Å². The fraction of sp³-hybridized carbons (Fsp3) is 0.650. The molecule has 2 aliphatic rings. The standard InChI is InChI=1S/C20H30N4O3.ClH/c1-14-9-15(2)13-23(12-14)18-4-3-17(10-19(18)24(26)27)20(25)22-8-6-16-5-7-21-11-16;/h3-4,10,14-16,21H,5-9,11-13H2,1-2H3,(H,22,25);1H. The molecule has 2 N–H and O–H groups in total. The number of hydrogen-bond donors (Lipinski definition) is 2. The minimum absolute atomic E-state index is 0. The predicted octanol–water partition coefficient (Wildman–Crippen LogP) is 3.23. The Balaban J connectivity index is 0.00000280. The molecule has 3 rings (SSSR count). The summed E-state index contributed by atoms with van der Waals surface area (Å²) in [7, 11) is 0. The number of rotatable bonds is 6. The molecule has 0 radical (unpaired) electrons. The van der Waals surface area contributed by atoms with Crippen molar-refractivity contribution in [1.82, 2.24) is 10.6 Å². The molecule has 3 atom stereocenters. The summed E-state index contributed by atoms with van der Waals surface area (Å²) in [4.78, 5) is 25.8. The Hall–Kier alpha value is -1.86. The Labute approximate surface area is 172 Å². The fourth-order valence-electron chi connectivity index (χ4n) is 4.39. The highest BCUT2D eigenvalue weighted by atomic mass is 35.5. The summed E-state index contributed by atoms with van der Waals surface area (Å²) in [5, 5.41) is 17.8. The maximum atomic E-state index is 12.4. The Morgan fingerprint density at radius 3 is 2.64 bits per heavy atom. The van der Waals surface area contributed by atoms with E-state index in [2.05, 4.69) is 29.4 Å². The Bertz CT molecular complexity index is 684. The number of anilines is 1. The van der Waals surface area contributed by atoms with Crippen LogP contribution < -0.4 is 15.5 Å². The first-order chi connectivity index (χ1) is 12.9.